The van der Waals surface area contributed by atoms with E-state index in [2.05, 4.69) is 72.9 Å². The average Bonchev–Trinajstić information content (AvgIpc) is 2.53. The number of benzene rings is 1. The SMILES string of the molecule is CCCCN(C)c1nc(C)cc(N(CC)c2cccc(C)c2)n1. The quantitative estimate of drug-likeness (QED) is 0.754. The summed E-state index contributed by atoms with van der Waals surface area (Å²) in [4.78, 5) is 13.8. The molecule has 0 N–H and O–H groups in total. The maximum absolute atomic E-state index is 4.80. The van der Waals surface area contributed by atoms with E-state index in [0.29, 0.717) is 0 Å². The molecule has 0 aliphatic heterocycles. The van der Waals surface area contributed by atoms with Gasteiger partial charge in [-0.25, -0.2) is 4.98 Å². The number of aromatic nitrogens is 2. The first kappa shape index (κ1) is 17.3. The van der Waals surface area contributed by atoms with Gasteiger partial charge in [0.1, 0.15) is 5.82 Å². The Kier molecular flexibility index (Phi) is 5.97. The van der Waals surface area contributed by atoms with Crippen molar-refractivity contribution in [3.05, 3.63) is 41.6 Å². The van der Waals surface area contributed by atoms with Crippen LogP contribution in [0.5, 0.6) is 0 Å². The molecular formula is C19H28N4. The van der Waals surface area contributed by atoms with Gasteiger partial charge in [0.2, 0.25) is 5.95 Å². The number of aryl methyl sites for hydroxylation is 2. The van der Waals surface area contributed by atoms with Gasteiger partial charge in [0, 0.05) is 37.6 Å². The lowest BCUT2D eigenvalue weighted by Gasteiger charge is -2.25. The standard InChI is InChI=1S/C19H28N4/c1-6-8-12-22(5)19-20-16(4)14-18(21-19)23(7-2)17-11-9-10-15(3)13-17/h9-11,13-14H,6-8,12H2,1-5H3. The van der Waals surface area contributed by atoms with Crippen molar-refractivity contribution in [1.29, 1.82) is 0 Å². The molecule has 4 nitrogen and oxygen atoms in total. The first-order valence-corrected chi connectivity index (χ1v) is 8.46. The van der Waals surface area contributed by atoms with E-state index < -0.39 is 0 Å². The maximum atomic E-state index is 4.80. The maximum Gasteiger partial charge on any atom is 0.227 e. The topological polar surface area (TPSA) is 32.3 Å². The summed E-state index contributed by atoms with van der Waals surface area (Å²) in [6, 6.07) is 10.6. The largest absolute Gasteiger partial charge is 0.344 e. The van der Waals surface area contributed by atoms with Crippen LogP contribution in [0.3, 0.4) is 0 Å². The Morgan fingerprint density at radius 1 is 1.04 bits per heavy atom. The van der Waals surface area contributed by atoms with Crippen molar-refractivity contribution in [1.82, 2.24) is 9.97 Å². The summed E-state index contributed by atoms with van der Waals surface area (Å²) in [5, 5.41) is 0. The summed E-state index contributed by atoms with van der Waals surface area (Å²) < 4.78 is 0. The van der Waals surface area contributed by atoms with E-state index in [-0.39, 0.29) is 0 Å². The van der Waals surface area contributed by atoms with Crippen LogP contribution in [0.2, 0.25) is 0 Å². The van der Waals surface area contributed by atoms with Crippen molar-refractivity contribution in [3.8, 4) is 0 Å². The van der Waals surface area contributed by atoms with Gasteiger partial charge >= 0.3 is 0 Å². The number of unbranched alkanes of at least 4 members (excludes halogenated alkanes) is 1. The lowest BCUT2D eigenvalue weighted by Crippen LogP contribution is -2.24. The third-order valence-electron chi connectivity index (χ3n) is 3.92. The molecule has 0 saturated heterocycles. The number of hydrogen-bond donors (Lipinski definition) is 0. The fourth-order valence-corrected chi connectivity index (χ4v) is 2.61. The molecule has 0 radical (unpaired) electrons. The summed E-state index contributed by atoms with van der Waals surface area (Å²) in [6.07, 6.45) is 2.33. The highest BCUT2D eigenvalue weighted by Crippen LogP contribution is 2.26. The normalized spacial score (nSPS) is 10.7. The molecule has 0 unspecified atom stereocenters. The first-order valence-electron chi connectivity index (χ1n) is 8.46. The van der Waals surface area contributed by atoms with Crippen LogP contribution in [-0.4, -0.2) is 30.1 Å². The lowest BCUT2D eigenvalue weighted by molar-refractivity contribution is 0.747. The van der Waals surface area contributed by atoms with E-state index in [1.54, 1.807) is 0 Å². The Balaban J connectivity index is 2.35. The molecule has 1 aromatic carbocycles. The van der Waals surface area contributed by atoms with Gasteiger partial charge in [-0.3, -0.25) is 0 Å². The summed E-state index contributed by atoms with van der Waals surface area (Å²) in [7, 11) is 2.07. The van der Waals surface area contributed by atoms with Gasteiger partial charge in [-0.1, -0.05) is 25.5 Å². The molecule has 2 rings (SSSR count). The van der Waals surface area contributed by atoms with Crippen molar-refractivity contribution >= 4 is 17.5 Å². The number of rotatable bonds is 7. The molecule has 2 aromatic rings. The minimum absolute atomic E-state index is 0.805. The van der Waals surface area contributed by atoms with Crippen LogP contribution in [-0.2, 0) is 0 Å². The molecule has 0 aliphatic carbocycles. The Bertz CT molecular complexity index is 639. The summed E-state index contributed by atoms with van der Waals surface area (Å²) in [5.41, 5.74) is 3.43. The van der Waals surface area contributed by atoms with Crippen LogP contribution in [0.15, 0.2) is 30.3 Å². The van der Waals surface area contributed by atoms with Crippen molar-refractivity contribution in [2.45, 2.75) is 40.5 Å². The van der Waals surface area contributed by atoms with Gasteiger partial charge in [-0.2, -0.15) is 4.98 Å². The van der Waals surface area contributed by atoms with Gasteiger partial charge < -0.3 is 9.80 Å². The fourth-order valence-electron chi connectivity index (χ4n) is 2.61. The van der Waals surface area contributed by atoms with Crippen molar-refractivity contribution < 1.29 is 0 Å². The molecule has 0 saturated carbocycles. The van der Waals surface area contributed by atoms with Crippen molar-refractivity contribution in [2.75, 3.05) is 29.9 Å². The predicted molar refractivity (Wildman–Crippen MR) is 98.8 cm³/mol. The first-order chi connectivity index (χ1) is 11.0. The van der Waals surface area contributed by atoms with E-state index >= 15 is 0 Å². The van der Waals surface area contributed by atoms with Crippen LogP contribution >= 0.6 is 0 Å². The molecule has 4 heteroatoms. The van der Waals surface area contributed by atoms with Crippen LogP contribution in [0.25, 0.3) is 0 Å². The molecule has 1 aromatic heterocycles. The lowest BCUT2D eigenvalue weighted by atomic mass is 10.2. The molecular weight excluding hydrogens is 284 g/mol. The molecule has 1 heterocycles. The molecule has 0 amide bonds. The minimum atomic E-state index is 0.805. The van der Waals surface area contributed by atoms with E-state index in [9.17, 15) is 0 Å². The highest BCUT2D eigenvalue weighted by atomic mass is 15.3. The van der Waals surface area contributed by atoms with Gasteiger partial charge in [0.05, 0.1) is 0 Å². The molecule has 0 fully saturated rings. The zero-order valence-electron chi connectivity index (χ0n) is 15.0. The highest BCUT2D eigenvalue weighted by Gasteiger charge is 2.13. The summed E-state index contributed by atoms with van der Waals surface area (Å²) in [5.74, 6) is 1.77. The molecule has 23 heavy (non-hydrogen) atoms. The van der Waals surface area contributed by atoms with Crippen molar-refractivity contribution in [3.63, 3.8) is 0 Å². The number of nitrogens with zero attached hydrogens (tertiary/aromatic N) is 4. The third kappa shape index (κ3) is 4.44. The minimum Gasteiger partial charge on any atom is -0.344 e. The Morgan fingerprint density at radius 3 is 2.48 bits per heavy atom. The predicted octanol–water partition coefficient (Wildman–Crippen LogP) is 4.49. The Hall–Kier alpha value is -2.10. The summed E-state index contributed by atoms with van der Waals surface area (Å²) in [6.45, 7) is 10.4. The van der Waals surface area contributed by atoms with Gasteiger partial charge in [0.15, 0.2) is 0 Å². The van der Waals surface area contributed by atoms with Gasteiger partial charge in [-0.15, -0.1) is 0 Å². The van der Waals surface area contributed by atoms with Crippen LogP contribution < -0.4 is 9.80 Å². The van der Waals surface area contributed by atoms with E-state index in [4.69, 9.17) is 4.98 Å². The smallest absolute Gasteiger partial charge is 0.227 e. The second-order valence-electron chi connectivity index (χ2n) is 6.03. The number of hydrogen-bond acceptors (Lipinski definition) is 4. The van der Waals surface area contributed by atoms with E-state index in [0.717, 1.165) is 37.0 Å². The molecule has 0 bridgehead atoms. The van der Waals surface area contributed by atoms with Crippen LogP contribution in [0.1, 0.15) is 37.9 Å². The third-order valence-corrected chi connectivity index (χ3v) is 3.92. The summed E-state index contributed by atoms with van der Waals surface area (Å²) >= 11 is 0. The van der Waals surface area contributed by atoms with Crippen LogP contribution in [0, 0.1) is 13.8 Å². The van der Waals surface area contributed by atoms with Crippen LogP contribution in [0.4, 0.5) is 17.5 Å². The second-order valence-corrected chi connectivity index (χ2v) is 6.03. The van der Waals surface area contributed by atoms with Gasteiger partial charge in [-0.05, 0) is 44.9 Å². The molecule has 124 valence electrons. The van der Waals surface area contributed by atoms with E-state index in [1.165, 1.54) is 17.7 Å². The Morgan fingerprint density at radius 2 is 1.83 bits per heavy atom. The highest BCUT2D eigenvalue weighted by molar-refractivity contribution is 5.62. The number of anilines is 3. The Labute approximate surface area is 140 Å². The molecule has 0 atom stereocenters. The zero-order valence-corrected chi connectivity index (χ0v) is 15.0. The average molecular weight is 312 g/mol. The molecule has 0 aliphatic rings. The van der Waals surface area contributed by atoms with Gasteiger partial charge in [0.25, 0.3) is 0 Å². The fraction of sp³-hybridized carbons (Fsp3) is 0.474. The second kappa shape index (κ2) is 7.95. The monoisotopic (exact) mass is 312 g/mol. The molecule has 0 spiro atoms. The van der Waals surface area contributed by atoms with Crippen molar-refractivity contribution in [2.24, 2.45) is 0 Å². The van der Waals surface area contributed by atoms with E-state index in [1.807, 2.05) is 6.92 Å². The zero-order chi connectivity index (χ0) is 16.8.